The van der Waals surface area contributed by atoms with Crippen molar-refractivity contribution in [3.63, 3.8) is 0 Å². The molecule has 1 fully saturated rings. The Morgan fingerprint density at radius 3 is 2.88 bits per heavy atom. The Morgan fingerprint density at radius 2 is 2.12 bits per heavy atom. The van der Waals surface area contributed by atoms with E-state index >= 15 is 0 Å². The Labute approximate surface area is 143 Å². The first kappa shape index (κ1) is 17.3. The molecule has 24 heavy (non-hydrogen) atoms. The Kier molecular flexibility index (Phi) is 6.18. The SMILES string of the molecule is CCOCCn1c(CC2CCN(CCO)CC2)nc2cccnc21. The van der Waals surface area contributed by atoms with Gasteiger partial charge in [-0.05, 0) is 50.9 Å². The Morgan fingerprint density at radius 1 is 1.29 bits per heavy atom. The lowest BCUT2D eigenvalue weighted by Crippen LogP contribution is -2.36. The molecule has 0 atom stereocenters. The van der Waals surface area contributed by atoms with Crippen molar-refractivity contribution in [3.05, 3.63) is 24.2 Å². The number of likely N-dealkylation sites (tertiary alicyclic amines) is 1. The van der Waals surface area contributed by atoms with E-state index < -0.39 is 0 Å². The summed E-state index contributed by atoms with van der Waals surface area (Å²) in [5.41, 5.74) is 1.94. The molecule has 1 N–H and O–H groups in total. The molecule has 0 saturated carbocycles. The van der Waals surface area contributed by atoms with Crippen LogP contribution in [0.15, 0.2) is 18.3 Å². The molecule has 1 aliphatic heterocycles. The molecule has 0 bridgehead atoms. The fraction of sp³-hybridized carbons (Fsp3) is 0.667. The number of aromatic nitrogens is 3. The second kappa shape index (κ2) is 8.55. The number of fused-ring (bicyclic) bond motifs is 1. The molecular weight excluding hydrogens is 304 g/mol. The van der Waals surface area contributed by atoms with Crippen LogP contribution >= 0.6 is 0 Å². The third kappa shape index (κ3) is 4.12. The number of piperidine rings is 1. The fourth-order valence-electron chi connectivity index (χ4n) is 3.51. The first-order valence-electron chi connectivity index (χ1n) is 9.03. The minimum Gasteiger partial charge on any atom is -0.395 e. The fourth-order valence-corrected chi connectivity index (χ4v) is 3.51. The van der Waals surface area contributed by atoms with Crippen molar-refractivity contribution < 1.29 is 9.84 Å². The first-order valence-corrected chi connectivity index (χ1v) is 9.03. The molecule has 2 aromatic heterocycles. The van der Waals surface area contributed by atoms with Gasteiger partial charge in [0.15, 0.2) is 5.65 Å². The minimum absolute atomic E-state index is 0.254. The minimum atomic E-state index is 0.254. The lowest BCUT2D eigenvalue weighted by atomic mass is 9.93. The lowest BCUT2D eigenvalue weighted by molar-refractivity contribution is 0.136. The number of hydrogen-bond acceptors (Lipinski definition) is 5. The quantitative estimate of drug-likeness (QED) is 0.746. The van der Waals surface area contributed by atoms with Crippen LogP contribution in [0.4, 0.5) is 0 Å². The molecule has 0 aliphatic carbocycles. The van der Waals surface area contributed by atoms with Crippen molar-refractivity contribution in [1.29, 1.82) is 0 Å². The van der Waals surface area contributed by atoms with Crippen LogP contribution in [0, 0.1) is 5.92 Å². The van der Waals surface area contributed by atoms with Gasteiger partial charge in [0.05, 0.1) is 13.2 Å². The maximum atomic E-state index is 9.07. The van der Waals surface area contributed by atoms with Gasteiger partial charge in [0, 0.05) is 32.3 Å². The average molecular weight is 332 g/mol. The van der Waals surface area contributed by atoms with Gasteiger partial charge in [-0.2, -0.15) is 0 Å². The summed E-state index contributed by atoms with van der Waals surface area (Å²) >= 11 is 0. The van der Waals surface area contributed by atoms with Crippen molar-refractivity contribution in [2.75, 3.05) is 39.5 Å². The second-order valence-electron chi connectivity index (χ2n) is 6.44. The average Bonchev–Trinajstić information content (AvgIpc) is 2.95. The van der Waals surface area contributed by atoms with Crippen LogP contribution in [0.2, 0.25) is 0 Å². The number of aliphatic hydroxyl groups excluding tert-OH is 1. The number of imidazole rings is 1. The van der Waals surface area contributed by atoms with E-state index in [1.807, 2.05) is 25.3 Å². The van der Waals surface area contributed by atoms with E-state index in [1.54, 1.807) is 0 Å². The predicted octanol–water partition coefficient (Wildman–Crippen LogP) is 1.71. The highest BCUT2D eigenvalue weighted by atomic mass is 16.5. The van der Waals surface area contributed by atoms with Crippen LogP contribution in [0.1, 0.15) is 25.6 Å². The summed E-state index contributed by atoms with van der Waals surface area (Å²) < 4.78 is 7.76. The van der Waals surface area contributed by atoms with Crippen molar-refractivity contribution >= 4 is 11.2 Å². The molecular formula is C18H28N4O2. The normalized spacial score (nSPS) is 16.9. The maximum absolute atomic E-state index is 9.07. The third-order valence-electron chi connectivity index (χ3n) is 4.84. The summed E-state index contributed by atoms with van der Waals surface area (Å²) in [6, 6.07) is 3.98. The molecule has 3 rings (SSSR count). The van der Waals surface area contributed by atoms with Gasteiger partial charge in [-0.25, -0.2) is 9.97 Å². The summed E-state index contributed by atoms with van der Waals surface area (Å²) in [4.78, 5) is 11.7. The van der Waals surface area contributed by atoms with Crippen LogP contribution < -0.4 is 0 Å². The number of aliphatic hydroxyl groups is 1. The van der Waals surface area contributed by atoms with Crippen LogP contribution in [-0.4, -0.2) is 64.0 Å². The molecule has 1 aliphatic rings. The van der Waals surface area contributed by atoms with Gasteiger partial charge in [-0.15, -0.1) is 0 Å². The van der Waals surface area contributed by atoms with E-state index in [0.717, 1.165) is 56.2 Å². The number of ether oxygens (including phenoxy) is 1. The second-order valence-corrected chi connectivity index (χ2v) is 6.44. The van der Waals surface area contributed by atoms with Gasteiger partial charge in [0.25, 0.3) is 0 Å². The van der Waals surface area contributed by atoms with Gasteiger partial charge >= 0.3 is 0 Å². The predicted molar refractivity (Wildman–Crippen MR) is 94.0 cm³/mol. The molecule has 0 unspecified atom stereocenters. The van der Waals surface area contributed by atoms with Crippen LogP contribution in [0.3, 0.4) is 0 Å². The molecule has 6 nitrogen and oxygen atoms in total. The Balaban J connectivity index is 1.70. The number of nitrogens with zero attached hydrogens (tertiary/aromatic N) is 4. The van der Waals surface area contributed by atoms with Crippen LogP contribution in [-0.2, 0) is 17.7 Å². The molecule has 0 amide bonds. The van der Waals surface area contributed by atoms with Crippen molar-refractivity contribution in [2.45, 2.75) is 32.7 Å². The van der Waals surface area contributed by atoms with E-state index in [1.165, 1.54) is 12.8 Å². The molecule has 3 heterocycles. The monoisotopic (exact) mass is 332 g/mol. The van der Waals surface area contributed by atoms with Crippen molar-refractivity contribution in [2.24, 2.45) is 5.92 Å². The molecule has 0 aromatic carbocycles. The maximum Gasteiger partial charge on any atom is 0.160 e. The molecule has 0 spiro atoms. The van der Waals surface area contributed by atoms with Crippen LogP contribution in [0.25, 0.3) is 11.2 Å². The molecule has 1 saturated heterocycles. The topological polar surface area (TPSA) is 63.4 Å². The van der Waals surface area contributed by atoms with Gasteiger partial charge < -0.3 is 19.3 Å². The van der Waals surface area contributed by atoms with E-state index in [2.05, 4.69) is 14.5 Å². The highest BCUT2D eigenvalue weighted by Crippen LogP contribution is 2.23. The molecule has 2 aromatic rings. The van der Waals surface area contributed by atoms with E-state index in [0.29, 0.717) is 12.5 Å². The standard InChI is InChI=1S/C18H28N4O2/c1-2-24-13-11-22-17(20-16-4-3-7-19-18(16)22)14-15-5-8-21(9-6-15)10-12-23/h3-4,7,15,23H,2,5-6,8-14H2,1H3. The number of rotatable bonds is 8. The summed E-state index contributed by atoms with van der Waals surface area (Å²) in [5, 5.41) is 9.07. The van der Waals surface area contributed by atoms with E-state index in [4.69, 9.17) is 14.8 Å². The zero-order valence-corrected chi connectivity index (χ0v) is 14.5. The lowest BCUT2D eigenvalue weighted by Gasteiger charge is -2.31. The first-order chi connectivity index (χ1) is 11.8. The van der Waals surface area contributed by atoms with E-state index in [9.17, 15) is 0 Å². The van der Waals surface area contributed by atoms with Gasteiger partial charge in [-0.1, -0.05) is 0 Å². The van der Waals surface area contributed by atoms with Gasteiger partial charge in [0.1, 0.15) is 11.3 Å². The Bertz CT molecular complexity index is 635. The third-order valence-corrected chi connectivity index (χ3v) is 4.84. The van der Waals surface area contributed by atoms with Crippen molar-refractivity contribution in [3.8, 4) is 0 Å². The zero-order chi connectivity index (χ0) is 16.8. The zero-order valence-electron chi connectivity index (χ0n) is 14.5. The van der Waals surface area contributed by atoms with Crippen LogP contribution in [0.5, 0.6) is 0 Å². The summed E-state index contributed by atoms with van der Waals surface area (Å²) in [5.74, 6) is 1.78. The summed E-state index contributed by atoms with van der Waals surface area (Å²) in [6.45, 7) is 7.45. The largest absolute Gasteiger partial charge is 0.395 e. The number of pyridine rings is 1. The number of hydrogen-bond donors (Lipinski definition) is 1. The smallest absolute Gasteiger partial charge is 0.160 e. The highest BCUT2D eigenvalue weighted by molar-refractivity contribution is 5.71. The highest BCUT2D eigenvalue weighted by Gasteiger charge is 2.22. The summed E-state index contributed by atoms with van der Waals surface area (Å²) in [6.07, 6.45) is 5.16. The Hall–Kier alpha value is -1.50. The summed E-state index contributed by atoms with van der Waals surface area (Å²) in [7, 11) is 0. The molecule has 6 heteroatoms. The molecule has 0 radical (unpaired) electrons. The van der Waals surface area contributed by atoms with Gasteiger partial charge in [0.2, 0.25) is 0 Å². The number of β-amino-alcohol motifs (C(OH)–C–C–N with tert-alkyl or cyclic N) is 1. The van der Waals surface area contributed by atoms with Gasteiger partial charge in [-0.3, -0.25) is 0 Å². The van der Waals surface area contributed by atoms with E-state index in [-0.39, 0.29) is 6.61 Å². The molecule has 132 valence electrons. The van der Waals surface area contributed by atoms with Crippen molar-refractivity contribution in [1.82, 2.24) is 19.4 Å².